The van der Waals surface area contributed by atoms with E-state index < -0.39 is 16.0 Å². The number of nitriles is 1. The zero-order valence-corrected chi connectivity index (χ0v) is 18.8. The second kappa shape index (κ2) is 9.38. The van der Waals surface area contributed by atoms with Gasteiger partial charge < -0.3 is 14.1 Å². The Labute approximate surface area is 186 Å². The summed E-state index contributed by atoms with van der Waals surface area (Å²) < 4.78 is 37.8. The van der Waals surface area contributed by atoms with Crippen LogP contribution >= 0.6 is 0 Å². The molecule has 168 valence electrons. The third kappa shape index (κ3) is 4.44. The summed E-state index contributed by atoms with van der Waals surface area (Å²) in [6.07, 6.45) is 2.95. The van der Waals surface area contributed by atoms with Crippen LogP contribution < -0.4 is 0 Å². The van der Waals surface area contributed by atoms with Crippen LogP contribution in [-0.4, -0.2) is 62.8 Å². The van der Waals surface area contributed by atoms with Gasteiger partial charge in [0.05, 0.1) is 18.7 Å². The summed E-state index contributed by atoms with van der Waals surface area (Å²) in [6.45, 7) is 3.50. The number of rotatable bonds is 5. The number of carbonyl (C=O) groups is 2. The highest BCUT2D eigenvalue weighted by atomic mass is 32.2. The predicted molar refractivity (Wildman–Crippen MR) is 115 cm³/mol. The van der Waals surface area contributed by atoms with Crippen molar-refractivity contribution in [2.24, 2.45) is 0 Å². The summed E-state index contributed by atoms with van der Waals surface area (Å²) >= 11 is 0. The first-order valence-electron chi connectivity index (χ1n) is 9.85. The Morgan fingerprint density at radius 1 is 1.12 bits per heavy atom. The fraction of sp³-hybridized carbons (Fsp3) is 0.318. The second-order valence-corrected chi connectivity index (χ2v) is 9.05. The lowest BCUT2D eigenvalue weighted by molar-refractivity contribution is -0.127. The van der Waals surface area contributed by atoms with Gasteiger partial charge in [-0.3, -0.25) is 4.79 Å². The maximum atomic E-state index is 13.2. The molecule has 0 aliphatic carbocycles. The maximum Gasteiger partial charge on any atom is 0.342 e. The molecular weight excluding hydrogens is 434 g/mol. The number of nitrogens with zero attached hydrogens (tertiary/aromatic N) is 3. The molecule has 0 bridgehead atoms. The fourth-order valence-electron chi connectivity index (χ4n) is 3.60. The number of furan rings is 1. The number of methoxy groups -OCH3 is 1. The van der Waals surface area contributed by atoms with Crippen LogP contribution in [0.25, 0.3) is 6.08 Å². The number of sulfonamides is 1. The van der Waals surface area contributed by atoms with Gasteiger partial charge in [-0.15, -0.1) is 0 Å². The number of aryl methyl sites for hydroxylation is 2. The molecule has 3 rings (SSSR count). The molecular formula is C22H23N3O6S. The van der Waals surface area contributed by atoms with Gasteiger partial charge in [0.2, 0.25) is 15.9 Å². The molecule has 1 saturated heterocycles. The highest BCUT2D eigenvalue weighted by molar-refractivity contribution is 7.89. The molecule has 10 heteroatoms. The first kappa shape index (κ1) is 23.2. The number of carbonyl (C=O) groups excluding carboxylic acids is 2. The number of amides is 1. The number of piperazine rings is 1. The molecule has 0 atom stereocenters. The Balaban J connectivity index is 1.73. The van der Waals surface area contributed by atoms with Gasteiger partial charge in [0.25, 0.3) is 0 Å². The SMILES string of the molecule is COC(=O)c1c(C)oc(C)c1S(=O)(=O)N1CCN(C(=O)/C=C/c2ccccc2C#N)CC1. The van der Waals surface area contributed by atoms with Crippen LogP contribution in [0.2, 0.25) is 0 Å². The number of benzene rings is 1. The lowest BCUT2D eigenvalue weighted by Crippen LogP contribution is -2.50. The summed E-state index contributed by atoms with van der Waals surface area (Å²) in [5.74, 6) is -0.778. The average Bonchev–Trinajstić information content (AvgIpc) is 3.11. The molecule has 32 heavy (non-hydrogen) atoms. The molecule has 1 fully saturated rings. The van der Waals surface area contributed by atoms with E-state index in [4.69, 9.17) is 14.4 Å². The van der Waals surface area contributed by atoms with E-state index in [2.05, 4.69) is 6.07 Å². The summed E-state index contributed by atoms with van der Waals surface area (Å²) in [7, 11) is -2.85. The van der Waals surface area contributed by atoms with E-state index in [9.17, 15) is 18.0 Å². The Morgan fingerprint density at radius 3 is 2.41 bits per heavy atom. The molecule has 0 spiro atoms. The van der Waals surface area contributed by atoms with Crippen molar-refractivity contribution in [2.75, 3.05) is 33.3 Å². The van der Waals surface area contributed by atoms with Crippen molar-refractivity contribution in [3.8, 4) is 6.07 Å². The van der Waals surface area contributed by atoms with Crippen LogP contribution in [-0.2, 0) is 19.6 Å². The Morgan fingerprint density at radius 2 is 1.78 bits per heavy atom. The van der Waals surface area contributed by atoms with Crippen LogP contribution in [0.4, 0.5) is 0 Å². The lowest BCUT2D eigenvalue weighted by atomic mass is 10.1. The summed E-state index contributed by atoms with van der Waals surface area (Å²) in [5.41, 5.74) is 0.980. The normalized spacial score (nSPS) is 15.0. The molecule has 0 radical (unpaired) electrons. The van der Waals surface area contributed by atoms with Crippen LogP contribution in [0.3, 0.4) is 0 Å². The van der Waals surface area contributed by atoms with Gasteiger partial charge in [-0.25, -0.2) is 13.2 Å². The molecule has 1 aliphatic heterocycles. The molecule has 9 nitrogen and oxygen atoms in total. The van der Waals surface area contributed by atoms with E-state index in [1.54, 1.807) is 30.3 Å². The fourth-order valence-corrected chi connectivity index (χ4v) is 5.39. The van der Waals surface area contributed by atoms with E-state index in [0.29, 0.717) is 11.1 Å². The van der Waals surface area contributed by atoms with Crippen LogP contribution in [0, 0.1) is 25.2 Å². The third-order valence-corrected chi connectivity index (χ3v) is 7.28. The van der Waals surface area contributed by atoms with Crippen molar-refractivity contribution in [1.29, 1.82) is 5.26 Å². The second-order valence-electron chi connectivity index (χ2n) is 7.17. The molecule has 1 aromatic carbocycles. The molecule has 1 amide bonds. The van der Waals surface area contributed by atoms with E-state index in [0.717, 1.165) is 0 Å². The van der Waals surface area contributed by atoms with Gasteiger partial charge in [0.1, 0.15) is 22.0 Å². The number of ether oxygens (including phenoxy) is 1. The quantitative estimate of drug-likeness (QED) is 0.498. The molecule has 0 N–H and O–H groups in total. The van der Waals surface area contributed by atoms with E-state index >= 15 is 0 Å². The van der Waals surface area contributed by atoms with Crippen molar-refractivity contribution in [2.45, 2.75) is 18.7 Å². The minimum absolute atomic E-state index is 0.0704. The van der Waals surface area contributed by atoms with Crippen LogP contribution in [0.15, 0.2) is 39.7 Å². The average molecular weight is 458 g/mol. The Kier molecular flexibility index (Phi) is 6.81. The van der Waals surface area contributed by atoms with E-state index in [1.165, 1.54) is 36.2 Å². The zero-order chi connectivity index (χ0) is 23.5. The summed E-state index contributed by atoms with van der Waals surface area (Å²) in [5, 5.41) is 9.15. The van der Waals surface area contributed by atoms with Crippen molar-refractivity contribution in [3.05, 3.63) is 58.6 Å². The zero-order valence-electron chi connectivity index (χ0n) is 18.0. The first-order chi connectivity index (χ1) is 15.2. The molecule has 2 heterocycles. The van der Waals surface area contributed by atoms with Gasteiger partial charge in [-0.05, 0) is 31.6 Å². The number of esters is 1. The molecule has 1 aliphatic rings. The number of hydrogen-bond acceptors (Lipinski definition) is 7. The van der Waals surface area contributed by atoms with Crippen molar-refractivity contribution >= 4 is 28.0 Å². The van der Waals surface area contributed by atoms with Crippen molar-refractivity contribution < 1.29 is 27.2 Å². The maximum absolute atomic E-state index is 13.2. The predicted octanol–water partition coefficient (Wildman–Crippen LogP) is 2.10. The molecule has 0 unspecified atom stereocenters. The van der Waals surface area contributed by atoms with Gasteiger partial charge in [0, 0.05) is 32.3 Å². The molecule has 1 aromatic heterocycles. The minimum atomic E-state index is -4.02. The largest absolute Gasteiger partial charge is 0.465 e. The Hall–Kier alpha value is -3.42. The van der Waals surface area contributed by atoms with Crippen LogP contribution in [0.1, 0.15) is 33.0 Å². The third-order valence-electron chi connectivity index (χ3n) is 5.23. The lowest BCUT2D eigenvalue weighted by Gasteiger charge is -2.33. The molecule has 2 aromatic rings. The highest BCUT2D eigenvalue weighted by Crippen LogP contribution is 2.30. The van der Waals surface area contributed by atoms with Crippen molar-refractivity contribution in [1.82, 2.24) is 9.21 Å². The number of hydrogen-bond donors (Lipinski definition) is 0. The van der Waals surface area contributed by atoms with Gasteiger partial charge >= 0.3 is 5.97 Å². The smallest absolute Gasteiger partial charge is 0.342 e. The van der Waals surface area contributed by atoms with Gasteiger partial charge in [0.15, 0.2) is 0 Å². The standard InChI is InChI=1S/C22H23N3O6S/c1-15-20(22(27)30-3)21(16(2)31-15)32(28,29)25-12-10-24(11-13-25)19(26)9-8-17-6-4-5-7-18(17)14-23/h4-9H,10-13H2,1-3H3/b9-8+. The minimum Gasteiger partial charge on any atom is -0.465 e. The van der Waals surface area contributed by atoms with Crippen molar-refractivity contribution in [3.63, 3.8) is 0 Å². The van der Waals surface area contributed by atoms with E-state index in [1.807, 2.05) is 0 Å². The molecule has 0 saturated carbocycles. The summed E-state index contributed by atoms with van der Waals surface area (Å²) in [6, 6.07) is 8.99. The Bertz CT molecular complexity index is 1210. The van der Waals surface area contributed by atoms with Gasteiger partial charge in [-0.2, -0.15) is 9.57 Å². The first-order valence-corrected chi connectivity index (χ1v) is 11.3. The van der Waals surface area contributed by atoms with Gasteiger partial charge in [-0.1, -0.05) is 18.2 Å². The summed E-state index contributed by atoms with van der Waals surface area (Å²) in [4.78, 5) is 26.0. The van der Waals surface area contributed by atoms with Crippen LogP contribution in [0.5, 0.6) is 0 Å². The monoisotopic (exact) mass is 457 g/mol. The van der Waals surface area contributed by atoms with E-state index in [-0.39, 0.29) is 54.1 Å². The highest BCUT2D eigenvalue weighted by Gasteiger charge is 2.37. The topological polar surface area (TPSA) is 121 Å².